The molecule has 2 fully saturated rings. The standard InChI is InChI=1S/C19H28N4O3.2ClH/c1-22-10-3-4-16(12-22)23(2)19(25)14-5-7-15(8-6-14)21-18(24)17-13-26-11-9-20-17;;/h5-8,16-17,20H,3-4,9-13H2,1-2H3,(H,21,24);2*1H. The van der Waals surface area contributed by atoms with Crippen LogP contribution in [0, 0.1) is 0 Å². The van der Waals surface area contributed by atoms with Crippen molar-refractivity contribution in [1.82, 2.24) is 15.1 Å². The summed E-state index contributed by atoms with van der Waals surface area (Å²) in [5.74, 6) is -0.100. The van der Waals surface area contributed by atoms with E-state index in [1.807, 2.05) is 11.9 Å². The van der Waals surface area contributed by atoms with E-state index < -0.39 is 0 Å². The molecule has 2 saturated heterocycles. The Kier molecular flexibility index (Phi) is 10.2. The molecule has 0 saturated carbocycles. The Hall–Kier alpha value is -1.38. The lowest BCUT2D eigenvalue weighted by Crippen LogP contribution is -2.48. The first-order valence-electron chi connectivity index (χ1n) is 9.22. The number of hydrogen-bond acceptors (Lipinski definition) is 5. The molecule has 1 aromatic rings. The van der Waals surface area contributed by atoms with E-state index in [9.17, 15) is 9.59 Å². The van der Waals surface area contributed by atoms with Crippen LogP contribution in [0.3, 0.4) is 0 Å². The van der Waals surface area contributed by atoms with Crippen LogP contribution < -0.4 is 10.6 Å². The van der Waals surface area contributed by atoms with Gasteiger partial charge in [-0.2, -0.15) is 0 Å². The molecule has 0 aromatic heterocycles. The molecule has 158 valence electrons. The molecule has 2 unspecified atom stereocenters. The summed E-state index contributed by atoms with van der Waals surface area (Å²) in [5.41, 5.74) is 1.32. The lowest BCUT2D eigenvalue weighted by molar-refractivity contribution is -0.120. The molecule has 0 spiro atoms. The third-order valence-electron chi connectivity index (χ3n) is 5.11. The number of carbonyl (C=O) groups excluding carboxylic acids is 2. The Labute approximate surface area is 179 Å². The maximum absolute atomic E-state index is 12.7. The zero-order chi connectivity index (χ0) is 18.5. The maximum atomic E-state index is 12.7. The molecule has 0 aliphatic carbocycles. The van der Waals surface area contributed by atoms with Crippen LogP contribution in [0.4, 0.5) is 5.69 Å². The van der Waals surface area contributed by atoms with E-state index in [0.29, 0.717) is 31.0 Å². The zero-order valence-corrected chi connectivity index (χ0v) is 18.0. The van der Waals surface area contributed by atoms with Gasteiger partial charge in [0.05, 0.1) is 13.2 Å². The Bertz CT molecular complexity index is 639. The van der Waals surface area contributed by atoms with Crippen molar-refractivity contribution in [2.24, 2.45) is 0 Å². The molecule has 2 amide bonds. The first kappa shape index (κ1) is 24.7. The molecule has 28 heavy (non-hydrogen) atoms. The van der Waals surface area contributed by atoms with E-state index in [0.717, 1.165) is 25.9 Å². The van der Waals surface area contributed by atoms with Gasteiger partial charge in [0.15, 0.2) is 0 Å². The Morgan fingerprint density at radius 1 is 1.25 bits per heavy atom. The van der Waals surface area contributed by atoms with Crippen molar-refractivity contribution in [2.45, 2.75) is 24.9 Å². The number of rotatable bonds is 4. The van der Waals surface area contributed by atoms with E-state index in [1.165, 1.54) is 0 Å². The van der Waals surface area contributed by atoms with Gasteiger partial charge >= 0.3 is 0 Å². The lowest BCUT2D eigenvalue weighted by atomic mass is 10.0. The summed E-state index contributed by atoms with van der Waals surface area (Å²) in [4.78, 5) is 29.0. The molecule has 2 aliphatic heterocycles. The minimum atomic E-state index is -0.334. The van der Waals surface area contributed by atoms with Crippen molar-refractivity contribution in [3.05, 3.63) is 29.8 Å². The van der Waals surface area contributed by atoms with Gasteiger partial charge in [0.1, 0.15) is 6.04 Å². The van der Waals surface area contributed by atoms with Gasteiger partial charge in [-0.25, -0.2) is 0 Å². The van der Waals surface area contributed by atoms with Crippen molar-refractivity contribution in [3.8, 4) is 0 Å². The quantitative estimate of drug-likeness (QED) is 0.755. The third kappa shape index (κ3) is 6.32. The van der Waals surface area contributed by atoms with Gasteiger partial charge < -0.3 is 25.2 Å². The topological polar surface area (TPSA) is 73.9 Å². The summed E-state index contributed by atoms with van der Waals surface area (Å²) in [5, 5.41) is 5.98. The van der Waals surface area contributed by atoms with Crippen LogP contribution in [0.15, 0.2) is 24.3 Å². The predicted molar refractivity (Wildman–Crippen MR) is 115 cm³/mol. The van der Waals surface area contributed by atoms with Crippen molar-refractivity contribution >= 4 is 42.3 Å². The fourth-order valence-electron chi connectivity index (χ4n) is 3.48. The zero-order valence-electron chi connectivity index (χ0n) is 16.3. The minimum Gasteiger partial charge on any atom is -0.378 e. The second kappa shape index (κ2) is 11.6. The van der Waals surface area contributed by atoms with Gasteiger partial charge in [-0.15, -0.1) is 24.8 Å². The second-order valence-corrected chi connectivity index (χ2v) is 7.12. The van der Waals surface area contributed by atoms with Gasteiger partial charge in [-0.3, -0.25) is 9.59 Å². The summed E-state index contributed by atoms with van der Waals surface area (Å²) in [6, 6.07) is 7.00. The number of amides is 2. The summed E-state index contributed by atoms with van der Waals surface area (Å²) < 4.78 is 5.31. The normalized spacial score (nSPS) is 22.4. The van der Waals surface area contributed by atoms with Crippen molar-refractivity contribution in [1.29, 1.82) is 0 Å². The largest absolute Gasteiger partial charge is 0.378 e. The number of nitrogens with zero attached hydrogens (tertiary/aromatic N) is 2. The average molecular weight is 433 g/mol. The van der Waals surface area contributed by atoms with E-state index in [2.05, 4.69) is 22.6 Å². The number of ether oxygens (including phenoxy) is 1. The van der Waals surface area contributed by atoms with Crippen LogP contribution in [-0.4, -0.2) is 80.6 Å². The molecule has 9 heteroatoms. The first-order chi connectivity index (χ1) is 12.5. The van der Waals surface area contributed by atoms with Crippen molar-refractivity contribution in [2.75, 3.05) is 52.3 Å². The second-order valence-electron chi connectivity index (χ2n) is 7.12. The molecule has 2 N–H and O–H groups in total. The van der Waals surface area contributed by atoms with Crippen LogP contribution >= 0.6 is 24.8 Å². The molecular weight excluding hydrogens is 403 g/mol. The maximum Gasteiger partial charge on any atom is 0.253 e. The number of anilines is 1. The highest BCUT2D eigenvalue weighted by atomic mass is 35.5. The Morgan fingerprint density at radius 3 is 2.57 bits per heavy atom. The van der Waals surface area contributed by atoms with Crippen LogP contribution in [-0.2, 0) is 9.53 Å². The SMILES string of the molecule is CN1CCCC(N(C)C(=O)c2ccc(NC(=O)C3COCCN3)cc2)C1.Cl.Cl. The van der Waals surface area contributed by atoms with Crippen molar-refractivity contribution < 1.29 is 14.3 Å². The van der Waals surface area contributed by atoms with Crippen LogP contribution in [0.1, 0.15) is 23.2 Å². The molecule has 0 bridgehead atoms. The van der Waals surface area contributed by atoms with Gasteiger partial charge in [-0.1, -0.05) is 0 Å². The number of morpholine rings is 1. The lowest BCUT2D eigenvalue weighted by Gasteiger charge is -2.35. The number of carbonyl (C=O) groups is 2. The predicted octanol–water partition coefficient (Wildman–Crippen LogP) is 1.62. The van der Waals surface area contributed by atoms with Crippen molar-refractivity contribution in [3.63, 3.8) is 0 Å². The fraction of sp³-hybridized carbons (Fsp3) is 0.579. The summed E-state index contributed by atoms with van der Waals surface area (Å²) in [7, 11) is 3.96. The molecular formula is C19H30Cl2N4O3. The van der Waals surface area contributed by atoms with Crippen LogP contribution in [0.25, 0.3) is 0 Å². The highest BCUT2D eigenvalue weighted by Gasteiger charge is 2.25. The van der Waals surface area contributed by atoms with Crippen LogP contribution in [0.2, 0.25) is 0 Å². The summed E-state index contributed by atoms with van der Waals surface area (Å²) >= 11 is 0. The van der Waals surface area contributed by atoms with Crippen LogP contribution in [0.5, 0.6) is 0 Å². The molecule has 0 radical (unpaired) electrons. The Balaban J connectivity index is 0.00000196. The molecule has 1 aromatic carbocycles. The number of nitrogens with one attached hydrogen (secondary N) is 2. The fourth-order valence-corrected chi connectivity index (χ4v) is 3.48. The number of piperidine rings is 1. The number of likely N-dealkylation sites (tertiary alicyclic amines) is 1. The molecule has 3 rings (SSSR count). The first-order valence-corrected chi connectivity index (χ1v) is 9.22. The smallest absolute Gasteiger partial charge is 0.253 e. The molecule has 2 atom stereocenters. The average Bonchev–Trinajstić information content (AvgIpc) is 2.68. The van der Waals surface area contributed by atoms with E-state index >= 15 is 0 Å². The number of hydrogen-bond donors (Lipinski definition) is 2. The van der Waals surface area contributed by atoms with E-state index in [1.54, 1.807) is 24.3 Å². The Morgan fingerprint density at radius 2 is 1.96 bits per heavy atom. The highest BCUT2D eigenvalue weighted by Crippen LogP contribution is 2.17. The number of likely N-dealkylation sites (N-methyl/N-ethyl adjacent to an activating group) is 2. The van der Waals surface area contributed by atoms with Gasteiger partial charge in [0.2, 0.25) is 5.91 Å². The summed E-state index contributed by atoms with van der Waals surface area (Å²) in [6.07, 6.45) is 2.15. The van der Waals surface area contributed by atoms with Gasteiger partial charge in [0.25, 0.3) is 5.91 Å². The van der Waals surface area contributed by atoms with E-state index in [-0.39, 0.29) is 48.7 Å². The number of halogens is 2. The molecule has 7 nitrogen and oxygen atoms in total. The minimum absolute atomic E-state index is 0. The molecule has 2 aliphatic rings. The monoisotopic (exact) mass is 432 g/mol. The van der Waals surface area contributed by atoms with Gasteiger partial charge in [-0.05, 0) is 50.7 Å². The molecule has 2 heterocycles. The van der Waals surface area contributed by atoms with E-state index in [4.69, 9.17) is 4.74 Å². The van der Waals surface area contributed by atoms with Gasteiger partial charge in [0, 0.05) is 37.4 Å². The highest BCUT2D eigenvalue weighted by molar-refractivity contribution is 5.97. The third-order valence-corrected chi connectivity index (χ3v) is 5.11. The number of benzene rings is 1. The summed E-state index contributed by atoms with van der Waals surface area (Å²) in [6.45, 7) is 3.68.